The number of benzene rings is 1. The maximum absolute atomic E-state index is 12.2. The monoisotopic (exact) mass is 320 g/mol. The van der Waals surface area contributed by atoms with Crippen molar-refractivity contribution in [1.82, 2.24) is 0 Å². The van der Waals surface area contributed by atoms with Gasteiger partial charge in [0.05, 0.1) is 0 Å². The van der Waals surface area contributed by atoms with E-state index in [1.54, 1.807) is 12.1 Å². The number of rotatable bonds is 4. The first-order chi connectivity index (χ1) is 11.1. The molecule has 0 aromatic heterocycles. The molecule has 0 bridgehead atoms. The van der Waals surface area contributed by atoms with Crippen molar-refractivity contribution in [3.05, 3.63) is 35.9 Å². The quantitative estimate of drug-likeness (QED) is 0.632. The minimum absolute atomic E-state index is 0.231. The number of ether oxygens (including phenoxy) is 1. The van der Waals surface area contributed by atoms with Crippen LogP contribution in [-0.4, -0.2) is 6.61 Å². The van der Waals surface area contributed by atoms with E-state index >= 15 is 0 Å². The van der Waals surface area contributed by atoms with Crippen LogP contribution in [0.2, 0.25) is 0 Å². The molecular weight excluding hydrogens is 294 g/mol. The molecule has 0 saturated heterocycles. The maximum Gasteiger partial charge on any atom is 0.387 e. The number of halogens is 2. The summed E-state index contributed by atoms with van der Waals surface area (Å²) in [6.07, 6.45) is 11.5. The normalized spacial score (nSPS) is 28.5. The van der Waals surface area contributed by atoms with Crippen LogP contribution >= 0.6 is 0 Å². The van der Waals surface area contributed by atoms with Crippen molar-refractivity contribution < 1.29 is 13.5 Å². The molecule has 1 aromatic rings. The van der Waals surface area contributed by atoms with Crippen LogP contribution in [0.3, 0.4) is 0 Å². The van der Waals surface area contributed by atoms with Gasteiger partial charge in [0.2, 0.25) is 0 Å². The van der Waals surface area contributed by atoms with Crippen molar-refractivity contribution in [2.24, 2.45) is 17.8 Å². The SMILES string of the molecule is CC1CCC(C2CC=C(c3ccc(OC(F)F)cc3)CC2)CC1. The van der Waals surface area contributed by atoms with E-state index in [2.05, 4.69) is 17.7 Å². The van der Waals surface area contributed by atoms with Gasteiger partial charge < -0.3 is 4.74 Å². The summed E-state index contributed by atoms with van der Waals surface area (Å²) in [6, 6.07) is 7.06. The fourth-order valence-corrected chi connectivity index (χ4v) is 4.15. The second-order valence-corrected chi connectivity index (χ2v) is 7.19. The lowest BCUT2D eigenvalue weighted by Gasteiger charge is -2.34. The summed E-state index contributed by atoms with van der Waals surface area (Å²) in [5.74, 6) is 2.89. The smallest absolute Gasteiger partial charge is 0.387 e. The Morgan fingerprint density at radius 2 is 1.65 bits per heavy atom. The van der Waals surface area contributed by atoms with E-state index in [-0.39, 0.29) is 5.75 Å². The molecular formula is C20H26F2O. The minimum atomic E-state index is -2.76. The molecule has 2 aliphatic rings. The molecule has 0 N–H and O–H groups in total. The Morgan fingerprint density at radius 3 is 2.22 bits per heavy atom. The average molecular weight is 320 g/mol. The molecule has 3 rings (SSSR count). The van der Waals surface area contributed by atoms with Gasteiger partial charge in [-0.3, -0.25) is 0 Å². The first kappa shape index (κ1) is 16.5. The van der Waals surface area contributed by atoms with Crippen LogP contribution in [0.25, 0.3) is 5.57 Å². The highest BCUT2D eigenvalue weighted by atomic mass is 19.3. The molecule has 1 fully saturated rings. The Balaban J connectivity index is 1.58. The van der Waals surface area contributed by atoms with Gasteiger partial charge in [0, 0.05) is 0 Å². The predicted octanol–water partition coefficient (Wildman–Crippen LogP) is 6.30. The van der Waals surface area contributed by atoms with Gasteiger partial charge in [0.25, 0.3) is 0 Å². The third-order valence-corrected chi connectivity index (χ3v) is 5.63. The second kappa shape index (κ2) is 7.46. The van der Waals surface area contributed by atoms with Crippen molar-refractivity contribution >= 4 is 5.57 Å². The first-order valence-corrected chi connectivity index (χ1v) is 8.86. The zero-order valence-electron chi connectivity index (χ0n) is 13.8. The average Bonchev–Trinajstić information content (AvgIpc) is 2.56. The van der Waals surface area contributed by atoms with Crippen molar-refractivity contribution in [2.75, 3.05) is 0 Å². The topological polar surface area (TPSA) is 9.23 Å². The van der Waals surface area contributed by atoms with E-state index in [9.17, 15) is 8.78 Å². The summed E-state index contributed by atoms with van der Waals surface area (Å²) in [5.41, 5.74) is 2.50. The van der Waals surface area contributed by atoms with Gasteiger partial charge in [-0.15, -0.1) is 0 Å². The molecule has 1 aromatic carbocycles. The summed E-state index contributed by atoms with van der Waals surface area (Å²) in [7, 11) is 0. The van der Waals surface area contributed by atoms with Gasteiger partial charge in [-0.1, -0.05) is 38.0 Å². The standard InChI is InChI=1S/C20H26F2O/c1-14-2-4-15(5-3-14)16-6-8-17(9-7-16)18-10-12-19(13-11-18)23-20(21)22/h8,10-16,20H,2-7,9H2,1H3. The van der Waals surface area contributed by atoms with Crippen molar-refractivity contribution in [2.45, 2.75) is 58.5 Å². The van der Waals surface area contributed by atoms with Gasteiger partial charge in [-0.25, -0.2) is 0 Å². The van der Waals surface area contributed by atoms with Crippen LogP contribution in [0.5, 0.6) is 5.75 Å². The van der Waals surface area contributed by atoms with Gasteiger partial charge in [-0.2, -0.15) is 8.78 Å². The second-order valence-electron chi connectivity index (χ2n) is 7.19. The summed E-state index contributed by atoms with van der Waals surface area (Å²) < 4.78 is 28.8. The number of allylic oxidation sites excluding steroid dienone is 2. The van der Waals surface area contributed by atoms with E-state index in [0.29, 0.717) is 0 Å². The molecule has 1 atom stereocenters. The zero-order valence-corrected chi connectivity index (χ0v) is 13.8. The van der Waals surface area contributed by atoms with Gasteiger partial charge in [-0.05, 0) is 73.1 Å². The van der Waals surface area contributed by atoms with Crippen LogP contribution in [0.15, 0.2) is 30.3 Å². The molecule has 3 heteroatoms. The molecule has 1 unspecified atom stereocenters. The van der Waals surface area contributed by atoms with Crippen LogP contribution in [-0.2, 0) is 0 Å². The highest BCUT2D eigenvalue weighted by Gasteiger charge is 2.27. The van der Waals surface area contributed by atoms with E-state index < -0.39 is 6.61 Å². The molecule has 1 nitrogen and oxygen atoms in total. The highest BCUT2D eigenvalue weighted by molar-refractivity contribution is 5.66. The Morgan fingerprint density at radius 1 is 0.957 bits per heavy atom. The molecule has 1 saturated carbocycles. The van der Waals surface area contributed by atoms with Gasteiger partial charge in [0.15, 0.2) is 0 Å². The first-order valence-electron chi connectivity index (χ1n) is 8.86. The van der Waals surface area contributed by atoms with Crippen molar-refractivity contribution in [3.63, 3.8) is 0 Å². The van der Waals surface area contributed by atoms with Crippen LogP contribution in [0.1, 0.15) is 57.4 Å². The van der Waals surface area contributed by atoms with Crippen LogP contribution in [0, 0.1) is 17.8 Å². The molecule has 126 valence electrons. The van der Waals surface area contributed by atoms with Crippen LogP contribution < -0.4 is 4.74 Å². The Kier molecular flexibility index (Phi) is 5.34. The summed E-state index contributed by atoms with van der Waals surface area (Å²) in [6.45, 7) is -0.384. The molecule has 0 radical (unpaired) electrons. The molecule has 0 spiro atoms. The molecule has 23 heavy (non-hydrogen) atoms. The summed E-state index contributed by atoms with van der Waals surface area (Å²) >= 11 is 0. The van der Waals surface area contributed by atoms with Gasteiger partial charge in [0.1, 0.15) is 5.75 Å². The van der Waals surface area contributed by atoms with E-state index in [1.165, 1.54) is 44.1 Å². The molecule has 0 aliphatic heterocycles. The lowest BCUT2D eigenvalue weighted by molar-refractivity contribution is -0.0498. The lowest BCUT2D eigenvalue weighted by Crippen LogP contribution is -2.22. The number of hydrogen-bond donors (Lipinski definition) is 0. The lowest BCUT2D eigenvalue weighted by atomic mass is 9.71. The highest BCUT2D eigenvalue weighted by Crippen LogP contribution is 2.41. The van der Waals surface area contributed by atoms with Crippen LogP contribution in [0.4, 0.5) is 8.78 Å². The molecule has 0 heterocycles. The van der Waals surface area contributed by atoms with E-state index in [4.69, 9.17) is 0 Å². The van der Waals surface area contributed by atoms with E-state index in [0.717, 1.165) is 29.7 Å². The largest absolute Gasteiger partial charge is 0.435 e. The van der Waals surface area contributed by atoms with Crippen molar-refractivity contribution in [3.8, 4) is 5.75 Å². The zero-order chi connectivity index (χ0) is 16.2. The molecule has 2 aliphatic carbocycles. The predicted molar refractivity (Wildman–Crippen MR) is 89.5 cm³/mol. The fourth-order valence-electron chi connectivity index (χ4n) is 4.15. The van der Waals surface area contributed by atoms with E-state index in [1.807, 2.05) is 12.1 Å². The Labute approximate surface area is 137 Å². The minimum Gasteiger partial charge on any atom is -0.435 e. The summed E-state index contributed by atoms with van der Waals surface area (Å²) in [5, 5.41) is 0. The van der Waals surface area contributed by atoms with Gasteiger partial charge >= 0.3 is 6.61 Å². The molecule has 0 amide bonds. The third-order valence-electron chi connectivity index (χ3n) is 5.63. The Hall–Kier alpha value is -1.38. The number of hydrogen-bond acceptors (Lipinski definition) is 1. The maximum atomic E-state index is 12.2. The summed E-state index contributed by atoms with van der Waals surface area (Å²) in [4.78, 5) is 0. The van der Waals surface area contributed by atoms with Crippen molar-refractivity contribution in [1.29, 1.82) is 0 Å². The third kappa shape index (κ3) is 4.33. The number of alkyl halides is 2. The fraction of sp³-hybridized carbons (Fsp3) is 0.600. The Bertz CT molecular complexity index is 527.